The minimum absolute atomic E-state index is 0.179. The quantitative estimate of drug-likeness (QED) is 0.219. The Kier molecular flexibility index (Phi) is 8.54. The second-order valence-corrected chi connectivity index (χ2v) is 6.74. The van der Waals surface area contributed by atoms with E-state index in [0.29, 0.717) is 32.7 Å². The molecule has 0 bridgehead atoms. The van der Waals surface area contributed by atoms with Crippen molar-refractivity contribution >= 4 is 10.2 Å². The minimum atomic E-state index is -1.02. The SMILES string of the molecule is CCC(OC)(OC)OCCC(OCC1CO1)OC([SiH3])OCC1CO1. The third kappa shape index (κ3) is 7.42. The molecule has 0 aromatic rings. The monoisotopic (exact) mass is 366 g/mol. The third-order valence-electron chi connectivity index (χ3n) is 3.86. The Morgan fingerprint density at radius 3 is 2.17 bits per heavy atom. The highest BCUT2D eigenvalue weighted by atomic mass is 28.1. The molecule has 4 unspecified atom stereocenters. The fourth-order valence-electron chi connectivity index (χ4n) is 2.13. The molecule has 0 amide bonds. The lowest BCUT2D eigenvalue weighted by atomic mass is 10.4. The first-order valence-corrected chi connectivity index (χ1v) is 9.62. The van der Waals surface area contributed by atoms with Crippen LogP contribution in [0.15, 0.2) is 0 Å². The van der Waals surface area contributed by atoms with Crippen LogP contribution in [0.1, 0.15) is 19.8 Å². The lowest BCUT2D eigenvalue weighted by molar-refractivity contribution is -0.366. The molecule has 24 heavy (non-hydrogen) atoms. The van der Waals surface area contributed by atoms with Gasteiger partial charge in [-0.15, -0.1) is 0 Å². The van der Waals surface area contributed by atoms with Crippen molar-refractivity contribution in [3.05, 3.63) is 0 Å². The van der Waals surface area contributed by atoms with Gasteiger partial charge in [0.25, 0.3) is 5.97 Å². The van der Waals surface area contributed by atoms with Crippen molar-refractivity contribution in [3.63, 3.8) is 0 Å². The van der Waals surface area contributed by atoms with Crippen molar-refractivity contribution in [2.24, 2.45) is 0 Å². The van der Waals surface area contributed by atoms with Crippen LogP contribution in [0.2, 0.25) is 0 Å². The van der Waals surface area contributed by atoms with E-state index in [9.17, 15) is 0 Å². The molecule has 2 saturated heterocycles. The van der Waals surface area contributed by atoms with Crippen LogP contribution in [-0.4, -0.2) is 87.9 Å². The molecule has 2 aliphatic heterocycles. The molecule has 2 rings (SSSR count). The molecule has 0 spiro atoms. The normalized spacial score (nSPS) is 25.6. The highest BCUT2D eigenvalue weighted by molar-refractivity contribution is 6.10. The highest BCUT2D eigenvalue weighted by Crippen LogP contribution is 2.20. The zero-order valence-electron chi connectivity index (χ0n) is 15.0. The van der Waals surface area contributed by atoms with Crippen LogP contribution in [0.3, 0.4) is 0 Å². The first-order chi connectivity index (χ1) is 11.6. The van der Waals surface area contributed by atoms with Crippen molar-refractivity contribution in [1.29, 1.82) is 0 Å². The number of hydrogen-bond donors (Lipinski definition) is 0. The Morgan fingerprint density at radius 2 is 1.67 bits per heavy atom. The van der Waals surface area contributed by atoms with Crippen molar-refractivity contribution in [2.75, 3.05) is 47.3 Å². The van der Waals surface area contributed by atoms with E-state index in [0.717, 1.165) is 23.5 Å². The van der Waals surface area contributed by atoms with Crippen molar-refractivity contribution in [3.8, 4) is 0 Å². The predicted molar refractivity (Wildman–Crippen MR) is 87.6 cm³/mol. The molecule has 8 nitrogen and oxygen atoms in total. The van der Waals surface area contributed by atoms with E-state index in [1.165, 1.54) is 0 Å². The first kappa shape index (κ1) is 20.2. The summed E-state index contributed by atoms with van der Waals surface area (Å²) < 4.78 is 43.9. The molecule has 0 aliphatic carbocycles. The second-order valence-electron chi connectivity index (χ2n) is 5.79. The minimum Gasteiger partial charge on any atom is -0.371 e. The summed E-state index contributed by atoms with van der Waals surface area (Å²) in [4.78, 5) is 0. The van der Waals surface area contributed by atoms with Crippen LogP contribution >= 0.6 is 0 Å². The van der Waals surface area contributed by atoms with Crippen LogP contribution in [-0.2, 0) is 37.9 Å². The van der Waals surface area contributed by atoms with E-state index in [2.05, 4.69) is 0 Å². The lowest BCUT2D eigenvalue weighted by Gasteiger charge is -2.30. The fraction of sp³-hybridized carbons (Fsp3) is 1.00. The van der Waals surface area contributed by atoms with Crippen LogP contribution in [0.25, 0.3) is 0 Å². The summed E-state index contributed by atoms with van der Waals surface area (Å²) in [6, 6.07) is 0. The van der Waals surface area contributed by atoms with Gasteiger partial charge in [0, 0.05) is 27.1 Å². The number of hydrogen-bond acceptors (Lipinski definition) is 8. The van der Waals surface area contributed by atoms with E-state index in [1.54, 1.807) is 14.2 Å². The second kappa shape index (κ2) is 10.1. The van der Waals surface area contributed by atoms with E-state index in [-0.39, 0.29) is 18.1 Å². The molecule has 0 saturated carbocycles. The van der Waals surface area contributed by atoms with E-state index < -0.39 is 12.3 Å². The van der Waals surface area contributed by atoms with Gasteiger partial charge >= 0.3 is 0 Å². The Morgan fingerprint density at radius 1 is 1.08 bits per heavy atom. The smallest absolute Gasteiger partial charge is 0.282 e. The molecule has 2 heterocycles. The van der Waals surface area contributed by atoms with Crippen molar-refractivity contribution < 1.29 is 37.9 Å². The molecule has 0 N–H and O–H groups in total. The maximum Gasteiger partial charge on any atom is 0.282 e. The lowest BCUT2D eigenvalue weighted by Crippen LogP contribution is -2.38. The zero-order chi connectivity index (χ0) is 17.4. The summed E-state index contributed by atoms with van der Waals surface area (Å²) in [5.74, 6) is -1.27. The molecular formula is C15H30O8Si. The average Bonchev–Trinajstić information content (AvgIpc) is 3.49. The van der Waals surface area contributed by atoms with Gasteiger partial charge in [0.05, 0.1) is 43.3 Å². The van der Waals surface area contributed by atoms with Gasteiger partial charge in [0.2, 0.25) is 0 Å². The van der Waals surface area contributed by atoms with Crippen LogP contribution in [0, 0.1) is 0 Å². The van der Waals surface area contributed by atoms with Gasteiger partial charge in [-0.05, 0) is 0 Å². The summed E-state index contributed by atoms with van der Waals surface area (Å²) in [5.41, 5.74) is 0. The maximum atomic E-state index is 5.87. The summed E-state index contributed by atoms with van der Waals surface area (Å²) in [7, 11) is 3.86. The molecule has 0 aromatic carbocycles. The summed E-state index contributed by atoms with van der Waals surface area (Å²) in [6.45, 7) is 4.91. The van der Waals surface area contributed by atoms with Crippen molar-refractivity contribution in [2.45, 2.75) is 50.1 Å². The molecular weight excluding hydrogens is 336 g/mol. The molecule has 2 aliphatic rings. The van der Waals surface area contributed by atoms with Crippen LogP contribution in [0.4, 0.5) is 0 Å². The van der Waals surface area contributed by atoms with Gasteiger partial charge in [-0.2, -0.15) is 0 Å². The number of epoxide rings is 2. The zero-order valence-corrected chi connectivity index (χ0v) is 17.0. The van der Waals surface area contributed by atoms with Gasteiger partial charge in [-0.25, -0.2) is 0 Å². The maximum absolute atomic E-state index is 5.87. The number of rotatable bonds is 15. The van der Waals surface area contributed by atoms with E-state index in [4.69, 9.17) is 37.9 Å². The average molecular weight is 366 g/mol. The first-order valence-electron chi connectivity index (χ1n) is 8.47. The predicted octanol–water partition coefficient (Wildman–Crippen LogP) is -0.428. The topological polar surface area (TPSA) is 80.4 Å². The summed E-state index contributed by atoms with van der Waals surface area (Å²) in [5, 5.41) is 0. The van der Waals surface area contributed by atoms with Crippen LogP contribution < -0.4 is 0 Å². The Hall–Kier alpha value is -0.103. The molecule has 2 fully saturated rings. The molecule has 0 radical (unpaired) electrons. The Bertz CT molecular complexity index is 338. The summed E-state index contributed by atoms with van der Waals surface area (Å²) >= 11 is 0. The Balaban J connectivity index is 1.71. The number of ether oxygens (including phenoxy) is 8. The number of methoxy groups -OCH3 is 2. The molecule has 4 atom stereocenters. The van der Waals surface area contributed by atoms with E-state index >= 15 is 0 Å². The highest BCUT2D eigenvalue weighted by Gasteiger charge is 2.30. The molecule has 142 valence electrons. The van der Waals surface area contributed by atoms with Gasteiger partial charge in [-0.3, -0.25) is 0 Å². The van der Waals surface area contributed by atoms with Gasteiger partial charge < -0.3 is 37.9 Å². The van der Waals surface area contributed by atoms with Gasteiger partial charge in [-0.1, -0.05) is 6.92 Å². The van der Waals surface area contributed by atoms with Crippen LogP contribution in [0.5, 0.6) is 0 Å². The molecule has 0 aromatic heterocycles. The third-order valence-corrected chi connectivity index (χ3v) is 4.47. The largest absolute Gasteiger partial charge is 0.371 e. The van der Waals surface area contributed by atoms with Gasteiger partial charge in [0.1, 0.15) is 18.1 Å². The van der Waals surface area contributed by atoms with E-state index in [1.807, 2.05) is 6.92 Å². The Labute approximate surface area is 146 Å². The van der Waals surface area contributed by atoms with Crippen molar-refractivity contribution in [1.82, 2.24) is 0 Å². The summed E-state index contributed by atoms with van der Waals surface area (Å²) in [6.07, 6.45) is 1.11. The van der Waals surface area contributed by atoms with Gasteiger partial charge in [0.15, 0.2) is 6.29 Å². The fourth-order valence-corrected chi connectivity index (χ4v) is 2.63. The molecule has 9 heteroatoms. The standard InChI is InChI=1S/C15H30O8Si/c1-4-15(16-2,17-3)22-6-5-13(20-9-11-7-18-11)23-14(24)21-10-12-8-19-12/h11-14H,4-10H2,1-3,24H3.